The van der Waals surface area contributed by atoms with Crippen molar-refractivity contribution in [3.05, 3.63) is 35.9 Å². The molecule has 1 heterocycles. The molecule has 0 radical (unpaired) electrons. The number of aliphatic hydroxyl groups excluding tert-OH is 1. The van der Waals surface area contributed by atoms with Crippen LogP contribution in [-0.4, -0.2) is 36.1 Å². The summed E-state index contributed by atoms with van der Waals surface area (Å²) in [5.41, 5.74) is 0.961. The van der Waals surface area contributed by atoms with Crippen LogP contribution in [0, 0.1) is 0 Å². The number of benzene rings is 1. The Balaban J connectivity index is 1.78. The van der Waals surface area contributed by atoms with Crippen LogP contribution in [0.25, 0.3) is 0 Å². The summed E-state index contributed by atoms with van der Waals surface area (Å²) < 4.78 is 22.8. The summed E-state index contributed by atoms with van der Waals surface area (Å²) in [6.07, 6.45) is -4.31. The van der Waals surface area contributed by atoms with Crippen molar-refractivity contribution >= 4 is 5.97 Å². The number of carbonyl (C=O) groups excluding carboxylic acids is 1. The minimum atomic E-state index is -1.96. The predicted molar refractivity (Wildman–Crippen MR) is 56.9 cm³/mol. The first-order chi connectivity index (χ1) is 8.18. The van der Waals surface area contributed by atoms with Crippen LogP contribution >= 0.6 is 0 Å². The summed E-state index contributed by atoms with van der Waals surface area (Å²) in [4.78, 5) is 10.8. The van der Waals surface area contributed by atoms with Gasteiger partial charge in [-0.2, -0.15) is 0 Å². The molecule has 1 aromatic carbocycles. The molecule has 0 spiro atoms. The molecule has 0 bridgehead atoms. The standard InChI is InChI=1S/C12H13FO4/c13-10-11(14)9(17-12(10)15)7-16-6-8-4-2-1-3-5-8/h1-5,9-11,14H,6-7H2/t9-,10+,11+/m0/s1. The van der Waals surface area contributed by atoms with Crippen molar-refractivity contribution in [3.63, 3.8) is 0 Å². The lowest BCUT2D eigenvalue weighted by molar-refractivity contribution is -0.147. The Kier molecular flexibility index (Phi) is 3.71. The molecule has 0 saturated carbocycles. The molecule has 1 aromatic rings. The molecule has 2 rings (SSSR count). The summed E-state index contributed by atoms with van der Waals surface area (Å²) in [5, 5.41) is 9.32. The third-order valence-corrected chi connectivity index (χ3v) is 2.57. The van der Waals surface area contributed by atoms with Crippen LogP contribution in [0.2, 0.25) is 0 Å². The Labute approximate surface area is 98.0 Å². The van der Waals surface area contributed by atoms with Crippen LogP contribution in [0.15, 0.2) is 30.3 Å². The second-order valence-corrected chi connectivity index (χ2v) is 3.87. The van der Waals surface area contributed by atoms with E-state index in [4.69, 9.17) is 4.74 Å². The first-order valence-corrected chi connectivity index (χ1v) is 5.33. The van der Waals surface area contributed by atoms with Crippen LogP contribution in [0.1, 0.15) is 5.56 Å². The van der Waals surface area contributed by atoms with E-state index in [1.165, 1.54) is 0 Å². The molecule has 0 amide bonds. The monoisotopic (exact) mass is 240 g/mol. The number of halogens is 1. The molecule has 1 aliphatic rings. The normalized spacial score (nSPS) is 28.1. The van der Waals surface area contributed by atoms with Gasteiger partial charge < -0.3 is 14.6 Å². The summed E-state index contributed by atoms with van der Waals surface area (Å²) in [6, 6.07) is 9.41. The summed E-state index contributed by atoms with van der Waals surface area (Å²) in [5.74, 6) is -1.02. The van der Waals surface area contributed by atoms with Gasteiger partial charge in [-0.1, -0.05) is 30.3 Å². The minimum absolute atomic E-state index is 0.0117. The Morgan fingerprint density at radius 1 is 1.35 bits per heavy atom. The fourth-order valence-electron chi connectivity index (χ4n) is 1.61. The number of cyclic esters (lactones) is 1. The number of alkyl halides is 1. The van der Waals surface area contributed by atoms with Gasteiger partial charge in [0.1, 0.15) is 6.10 Å². The van der Waals surface area contributed by atoms with Crippen molar-refractivity contribution in [1.29, 1.82) is 0 Å². The van der Waals surface area contributed by atoms with E-state index in [9.17, 15) is 14.3 Å². The molecule has 17 heavy (non-hydrogen) atoms. The molecular formula is C12H13FO4. The van der Waals surface area contributed by atoms with Gasteiger partial charge in [-0.15, -0.1) is 0 Å². The Morgan fingerprint density at radius 2 is 2.06 bits per heavy atom. The van der Waals surface area contributed by atoms with Gasteiger partial charge in [0.2, 0.25) is 6.17 Å². The van der Waals surface area contributed by atoms with Crippen LogP contribution < -0.4 is 0 Å². The highest BCUT2D eigenvalue weighted by molar-refractivity contribution is 5.77. The number of aliphatic hydroxyl groups is 1. The molecule has 0 aromatic heterocycles. The smallest absolute Gasteiger partial charge is 0.344 e. The minimum Gasteiger partial charge on any atom is -0.455 e. The summed E-state index contributed by atoms with van der Waals surface area (Å²) in [6.45, 7) is 0.320. The maximum Gasteiger partial charge on any atom is 0.344 e. The summed E-state index contributed by atoms with van der Waals surface area (Å²) >= 11 is 0. The summed E-state index contributed by atoms with van der Waals surface area (Å²) in [7, 11) is 0. The van der Waals surface area contributed by atoms with Crippen molar-refractivity contribution in [2.45, 2.75) is 25.0 Å². The molecule has 3 atom stereocenters. The first-order valence-electron chi connectivity index (χ1n) is 5.33. The van der Waals surface area contributed by atoms with Gasteiger partial charge in [0.25, 0.3) is 0 Å². The van der Waals surface area contributed by atoms with Gasteiger partial charge in [-0.25, -0.2) is 9.18 Å². The molecule has 5 heteroatoms. The highest BCUT2D eigenvalue weighted by Crippen LogP contribution is 2.19. The SMILES string of the molecule is O=C1O[C@@H](COCc2ccccc2)[C@@H](O)[C@H]1F. The number of rotatable bonds is 4. The quantitative estimate of drug-likeness (QED) is 0.792. The van der Waals surface area contributed by atoms with Gasteiger partial charge in [-0.05, 0) is 5.56 Å². The molecule has 1 saturated heterocycles. The number of ether oxygens (including phenoxy) is 2. The molecule has 1 aliphatic heterocycles. The highest BCUT2D eigenvalue weighted by Gasteiger charge is 2.44. The van der Waals surface area contributed by atoms with Crippen LogP contribution in [0.4, 0.5) is 4.39 Å². The molecule has 1 N–H and O–H groups in total. The third-order valence-electron chi connectivity index (χ3n) is 2.57. The van der Waals surface area contributed by atoms with E-state index in [0.29, 0.717) is 6.61 Å². The van der Waals surface area contributed by atoms with Crippen molar-refractivity contribution in [2.75, 3.05) is 6.61 Å². The highest BCUT2D eigenvalue weighted by atomic mass is 19.1. The fraction of sp³-hybridized carbons (Fsp3) is 0.417. The molecule has 4 nitrogen and oxygen atoms in total. The second kappa shape index (κ2) is 5.25. The van der Waals surface area contributed by atoms with Gasteiger partial charge in [0.15, 0.2) is 6.10 Å². The van der Waals surface area contributed by atoms with E-state index < -0.39 is 24.3 Å². The zero-order valence-corrected chi connectivity index (χ0v) is 9.08. The van der Waals surface area contributed by atoms with Crippen LogP contribution in [0.5, 0.6) is 0 Å². The second-order valence-electron chi connectivity index (χ2n) is 3.87. The lowest BCUT2D eigenvalue weighted by Gasteiger charge is -2.13. The zero-order valence-electron chi connectivity index (χ0n) is 9.08. The largest absolute Gasteiger partial charge is 0.455 e. The van der Waals surface area contributed by atoms with Crippen LogP contribution in [0.3, 0.4) is 0 Å². The molecule has 0 aliphatic carbocycles. The van der Waals surface area contributed by atoms with E-state index in [1.807, 2.05) is 30.3 Å². The molecule has 1 fully saturated rings. The Hall–Kier alpha value is -1.46. The van der Waals surface area contributed by atoms with E-state index in [1.54, 1.807) is 0 Å². The lowest BCUT2D eigenvalue weighted by Crippen LogP contribution is -2.31. The van der Waals surface area contributed by atoms with Crippen LogP contribution in [-0.2, 0) is 20.9 Å². The van der Waals surface area contributed by atoms with Gasteiger partial charge in [-0.3, -0.25) is 0 Å². The molecule has 92 valence electrons. The Bertz CT molecular complexity index is 381. The number of hydrogen-bond donors (Lipinski definition) is 1. The molecular weight excluding hydrogens is 227 g/mol. The number of carbonyl (C=O) groups is 1. The molecule has 0 unspecified atom stereocenters. The van der Waals surface area contributed by atoms with Crippen molar-refractivity contribution in [3.8, 4) is 0 Å². The maximum absolute atomic E-state index is 12.9. The van der Waals surface area contributed by atoms with Crippen molar-refractivity contribution in [1.82, 2.24) is 0 Å². The maximum atomic E-state index is 12.9. The van der Waals surface area contributed by atoms with Crippen molar-refractivity contribution < 1.29 is 23.8 Å². The van der Waals surface area contributed by atoms with E-state index in [-0.39, 0.29) is 6.61 Å². The van der Waals surface area contributed by atoms with E-state index in [0.717, 1.165) is 5.56 Å². The number of hydrogen-bond acceptors (Lipinski definition) is 4. The van der Waals surface area contributed by atoms with E-state index >= 15 is 0 Å². The van der Waals surface area contributed by atoms with Crippen molar-refractivity contribution in [2.24, 2.45) is 0 Å². The Morgan fingerprint density at radius 3 is 2.65 bits per heavy atom. The fourth-order valence-corrected chi connectivity index (χ4v) is 1.61. The topological polar surface area (TPSA) is 55.8 Å². The lowest BCUT2D eigenvalue weighted by atomic mass is 10.2. The third kappa shape index (κ3) is 2.81. The average Bonchev–Trinajstić information content (AvgIpc) is 2.59. The van der Waals surface area contributed by atoms with Gasteiger partial charge >= 0.3 is 5.97 Å². The van der Waals surface area contributed by atoms with Gasteiger partial charge in [0.05, 0.1) is 13.2 Å². The first kappa shape index (κ1) is 12.0. The zero-order chi connectivity index (χ0) is 12.3. The average molecular weight is 240 g/mol. The predicted octanol–water partition coefficient (Wildman–Crippen LogP) is 0.828. The number of esters is 1. The van der Waals surface area contributed by atoms with E-state index in [2.05, 4.69) is 4.74 Å². The van der Waals surface area contributed by atoms with Gasteiger partial charge in [0, 0.05) is 0 Å².